The maximum Gasteiger partial charge on any atom is 0.509 e. The zero-order valence-electron chi connectivity index (χ0n) is 18.2. The van der Waals surface area contributed by atoms with Crippen molar-refractivity contribution in [1.82, 2.24) is 4.57 Å². The monoisotopic (exact) mass is 405 g/mol. The molecule has 0 saturated carbocycles. The molecule has 0 aliphatic rings. The third-order valence-electron chi connectivity index (χ3n) is 5.21. The molecule has 0 bridgehead atoms. The van der Waals surface area contributed by atoms with Gasteiger partial charge in [0.25, 0.3) is 0 Å². The molecule has 1 aromatic heterocycles. The highest BCUT2D eigenvalue weighted by molar-refractivity contribution is 6.74. The van der Waals surface area contributed by atoms with Crippen LogP contribution in [0.25, 0.3) is 10.9 Å². The highest BCUT2D eigenvalue weighted by atomic mass is 28.4. The molecule has 2 N–H and O–H groups in total. The lowest BCUT2D eigenvalue weighted by Gasteiger charge is -2.36. The molecule has 0 spiro atoms. The predicted molar refractivity (Wildman–Crippen MR) is 116 cm³/mol. The fraction of sp³-hybridized carbons (Fsp3) is 0.550. The summed E-state index contributed by atoms with van der Waals surface area (Å²) in [5, 5.41) is 20.9. The van der Waals surface area contributed by atoms with E-state index in [9.17, 15) is 14.9 Å². The van der Waals surface area contributed by atoms with Gasteiger partial charge in [0.2, 0.25) is 0 Å². The molecule has 0 aliphatic heterocycles. The molecule has 28 heavy (non-hydrogen) atoms. The smallest absolute Gasteiger partial charge is 0.464 e. The second kappa shape index (κ2) is 7.67. The summed E-state index contributed by atoms with van der Waals surface area (Å²) in [6, 6.07) is 7.20. The van der Waals surface area contributed by atoms with Crippen LogP contribution in [0.1, 0.15) is 47.1 Å². The molecule has 0 saturated heterocycles. The van der Waals surface area contributed by atoms with Crippen LogP contribution in [-0.4, -0.2) is 41.8 Å². The first kappa shape index (κ1) is 22.7. The fourth-order valence-electron chi connectivity index (χ4n) is 2.65. The van der Waals surface area contributed by atoms with Crippen molar-refractivity contribution in [3.63, 3.8) is 0 Å². The summed E-state index contributed by atoms with van der Waals surface area (Å²) < 4.78 is 12.9. The van der Waals surface area contributed by atoms with Gasteiger partial charge in [0, 0.05) is 11.0 Å². The largest absolute Gasteiger partial charge is 0.509 e. The lowest BCUT2D eigenvalue weighted by molar-refractivity contribution is 0.106. The van der Waals surface area contributed by atoms with Crippen molar-refractivity contribution in [2.24, 2.45) is 0 Å². The zero-order valence-corrected chi connectivity index (χ0v) is 19.2. The number of aromatic nitrogens is 1. The van der Waals surface area contributed by atoms with Crippen molar-refractivity contribution in [3.05, 3.63) is 29.8 Å². The van der Waals surface area contributed by atoms with E-state index in [0.29, 0.717) is 12.1 Å². The van der Waals surface area contributed by atoms with E-state index in [1.54, 1.807) is 32.9 Å². The van der Waals surface area contributed by atoms with Crippen molar-refractivity contribution >= 4 is 38.0 Å². The van der Waals surface area contributed by atoms with E-state index in [2.05, 4.69) is 33.9 Å². The Bertz CT molecular complexity index is 864. The summed E-state index contributed by atoms with van der Waals surface area (Å²) in [5.74, 6) is 0. The first-order valence-electron chi connectivity index (χ1n) is 9.50. The van der Waals surface area contributed by atoms with E-state index in [-0.39, 0.29) is 10.6 Å². The molecule has 8 heteroatoms. The van der Waals surface area contributed by atoms with Gasteiger partial charge in [-0.3, -0.25) is 4.57 Å². The van der Waals surface area contributed by atoms with Gasteiger partial charge in [0.1, 0.15) is 0 Å². The van der Waals surface area contributed by atoms with Crippen molar-refractivity contribution < 1.29 is 24.0 Å². The van der Waals surface area contributed by atoms with Crippen LogP contribution in [0.5, 0.6) is 0 Å². The van der Waals surface area contributed by atoms with Crippen LogP contribution in [0.3, 0.4) is 0 Å². The minimum Gasteiger partial charge on any atom is -0.464 e. The average Bonchev–Trinajstić information content (AvgIpc) is 2.89. The summed E-state index contributed by atoms with van der Waals surface area (Å²) >= 11 is 0. The molecule has 2 rings (SSSR count). The molecule has 1 heterocycles. The predicted octanol–water partition coefficient (Wildman–Crippen LogP) is 4.19. The van der Waals surface area contributed by atoms with Gasteiger partial charge in [-0.2, -0.15) is 0 Å². The van der Waals surface area contributed by atoms with Gasteiger partial charge in [-0.1, -0.05) is 26.8 Å². The second-order valence-corrected chi connectivity index (χ2v) is 14.5. The highest BCUT2D eigenvalue weighted by Crippen LogP contribution is 2.37. The molecule has 2 aromatic rings. The van der Waals surface area contributed by atoms with E-state index in [1.165, 1.54) is 0 Å². The maximum atomic E-state index is 11.8. The Kier molecular flexibility index (Phi) is 6.21. The first-order valence-corrected chi connectivity index (χ1v) is 12.4. The molecule has 0 radical (unpaired) electrons. The van der Waals surface area contributed by atoms with E-state index >= 15 is 0 Å². The van der Waals surface area contributed by atoms with Crippen molar-refractivity contribution in [1.29, 1.82) is 0 Å². The van der Waals surface area contributed by atoms with Crippen LogP contribution >= 0.6 is 0 Å². The van der Waals surface area contributed by atoms with Gasteiger partial charge in [-0.15, -0.1) is 0 Å². The molecule has 0 aliphatic carbocycles. The summed E-state index contributed by atoms with van der Waals surface area (Å²) in [7, 11) is -3.22. The molecular weight excluding hydrogens is 373 g/mol. The number of hydrogen-bond donors (Lipinski definition) is 2. The SMILES string of the molecule is CC(C)(C)OB(O)c1cc2cc(CO[Si](C)(C)C(C)(C)C)ccc2n1C(=O)O. The molecule has 0 amide bonds. The van der Waals surface area contributed by atoms with Gasteiger partial charge in [-0.25, -0.2) is 4.79 Å². The quantitative estimate of drug-likeness (QED) is 0.729. The number of carbonyl (C=O) groups is 1. The first-order chi connectivity index (χ1) is 12.6. The highest BCUT2D eigenvalue weighted by Gasteiger charge is 2.37. The summed E-state index contributed by atoms with van der Waals surface area (Å²) in [6.45, 7) is 16.9. The molecule has 0 atom stereocenters. The second-order valence-electron chi connectivity index (χ2n) is 9.71. The van der Waals surface area contributed by atoms with Gasteiger partial charge in [0.15, 0.2) is 8.32 Å². The Morgan fingerprint density at radius 2 is 1.75 bits per heavy atom. The number of rotatable bonds is 5. The zero-order chi connectivity index (χ0) is 21.5. The maximum absolute atomic E-state index is 11.8. The summed E-state index contributed by atoms with van der Waals surface area (Å²) in [6.07, 6.45) is -1.16. The molecule has 154 valence electrons. The van der Waals surface area contributed by atoms with Crippen LogP contribution in [0.15, 0.2) is 24.3 Å². The number of nitrogens with zero attached hydrogens (tertiary/aromatic N) is 1. The normalized spacial score (nSPS) is 13.2. The number of hydrogen-bond acceptors (Lipinski definition) is 4. The van der Waals surface area contributed by atoms with E-state index < -0.39 is 27.1 Å². The summed E-state index contributed by atoms with van der Waals surface area (Å²) in [5.41, 5.74) is 1.06. The fourth-order valence-corrected chi connectivity index (χ4v) is 3.61. The standard InChI is InChI=1S/C20H32BNO5Si/c1-19(2,3)27-21(25)17-12-15-11-14(9-10-16(15)22(17)18(23)24)13-26-28(7,8)20(4,5)6/h9-12,25H,13H2,1-8H3,(H,23,24). The van der Waals surface area contributed by atoms with E-state index in [1.807, 2.05) is 12.1 Å². The average molecular weight is 405 g/mol. The Morgan fingerprint density at radius 1 is 1.14 bits per heavy atom. The number of fused-ring (bicyclic) bond motifs is 1. The molecule has 0 unspecified atom stereocenters. The van der Waals surface area contributed by atoms with E-state index in [4.69, 9.17) is 9.08 Å². The number of carboxylic acid groups (broad SMARTS) is 1. The minimum absolute atomic E-state index is 0.116. The van der Waals surface area contributed by atoms with Crippen molar-refractivity contribution in [2.45, 2.75) is 71.9 Å². The van der Waals surface area contributed by atoms with Crippen molar-refractivity contribution in [2.75, 3.05) is 0 Å². The van der Waals surface area contributed by atoms with Crippen LogP contribution in [-0.2, 0) is 15.7 Å². The van der Waals surface area contributed by atoms with Crippen molar-refractivity contribution in [3.8, 4) is 0 Å². The third-order valence-corrected chi connectivity index (χ3v) is 9.69. The topological polar surface area (TPSA) is 80.9 Å². The van der Waals surface area contributed by atoms with Crippen LogP contribution in [0, 0.1) is 0 Å². The van der Waals surface area contributed by atoms with Crippen LogP contribution in [0.2, 0.25) is 18.1 Å². The van der Waals surface area contributed by atoms with E-state index in [0.717, 1.165) is 15.5 Å². The van der Waals surface area contributed by atoms with Crippen LogP contribution in [0.4, 0.5) is 4.79 Å². The summed E-state index contributed by atoms with van der Waals surface area (Å²) in [4.78, 5) is 11.8. The van der Waals surface area contributed by atoms with Gasteiger partial charge < -0.3 is 19.2 Å². The Labute approximate surface area is 168 Å². The molecule has 6 nitrogen and oxygen atoms in total. The number of benzene rings is 1. The lowest BCUT2D eigenvalue weighted by Crippen LogP contribution is -2.45. The van der Waals surface area contributed by atoms with Crippen LogP contribution < -0.4 is 5.59 Å². The molecular formula is C20H32BNO5Si. The van der Waals surface area contributed by atoms with Gasteiger partial charge in [-0.05, 0) is 62.7 Å². The Morgan fingerprint density at radius 3 is 2.25 bits per heavy atom. The third kappa shape index (κ3) is 5.05. The van der Waals surface area contributed by atoms with Gasteiger partial charge in [0.05, 0.1) is 17.7 Å². The Hall–Kier alpha value is -1.61. The van der Waals surface area contributed by atoms with Gasteiger partial charge >= 0.3 is 13.2 Å². The molecule has 0 fully saturated rings. The Balaban J connectivity index is 2.37. The lowest BCUT2D eigenvalue weighted by atomic mass is 9.83. The molecule has 1 aromatic carbocycles. The minimum atomic E-state index is -1.88.